The second kappa shape index (κ2) is 7.64. The molecular weight excluding hydrogens is 292 g/mol. The molecule has 0 aliphatic carbocycles. The van der Waals surface area contributed by atoms with E-state index in [0.717, 1.165) is 30.9 Å². The number of anilines is 1. The molecule has 0 unspecified atom stereocenters. The van der Waals surface area contributed by atoms with E-state index >= 15 is 0 Å². The number of hydrogen-bond acceptors (Lipinski definition) is 4. The highest BCUT2D eigenvalue weighted by atomic mass is 16.5. The first-order valence-electron chi connectivity index (χ1n) is 8.60. The lowest BCUT2D eigenvalue weighted by atomic mass is 10.2. The van der Waals surface area contributed by atoms with E-state index in [4.69, 9.17) is 4.74 Å². The minimum Gasteiger partial charge on any atom is -0.375 e. The summed E-state index contributed by atoms with van der Waals surface area (Å²) in [5.74, 6) is 1.04. The van der Waals surface area contributed by atoms with E-state index in [9.17, 15) is 4.79 Å². The highest BCUT2D eigenvalue weighted by molar-refractivity contribution is 5.74. The summed E-state index contributed by atoms with van der Waals surface area (Å²) in [7, 11) is 0. The van der Waals surface area contributed by atoms with Gasteiger partial charge >= 0.3 is 6.03 Å². The molecule has 6 nitrogen and oxygen atoms in total. The summed E-state index contributed by atoms with van der Waals surface area (Å²) in [4.78, 5) is 20.9. The summed E-state index contributed by atoms with van der Waals surface area (Å²) >= 11 is 0. The zero-order valence-electron chi connectivity index (χ0n) is 13.8. The maximum absolute atomic E-state index is 12.2. The fourth-order valence-corrected chi connectivity index (χ4v) is 3.09. The van der Waals surface area contributed by atoms with E-state index in [2.05, 4.69) is 34.3 Å². The Hall–Kier alpha value is -1.82. The van der Waals surface area contributed by atoms with Crippen LogP contribution in [-0.4, -0.2) is 54.8 Å². The molecule has 0 radical (unpaired) electrons. The van der Waals surface area contributed by atoms with Crippen molar-refractivity contribution in [3.8, 4) is 0 Å². The number of hydrogen-bond donors (Lipinski definition) is 1. The standard InChI is InChI=1S/C17H26N4O2/c1-2-15-13-21(9-10-23-15)17(22)19-12-14-5-6-16(18-11-14)20-7-3-4-8-20/h5-6,11,15H,2-4,7-10,12-13H2,1H3,(H,19,22)/t15-/m0/s1. The predicted molar refractivity (Wildman–Crippen MR) is 89.5 cm³/mol. The molecule has 2 amide bonds. The van der Waals surface area contributed by atoms with Gasteiger partial charge in [0.15, 0.2) is 0 Å². The van der Waals surface area contributed by atoms with Gasteiger partial charge in [0.05, 0.1) is 12.7 Å². The van der Waals surface area contributed by atoms with Gasteiger partial charge in [0.2, 0.25) is 0 Å². The third-order valence-electron chi connectivity index (χ3n) is 4.56. The van der Waals surface area contributed by atoms with Crippen LogP contribution in [0.1, 0.15) is 31.7 Å². The number of urea groups is 1. The predicted octanol–water partition coefficient (Wildman–Crippen LogP) is 2.00. The molecule has 2 aliphatic rings. The molecule has 1 N–H and O–H groups in total. The number of morpholine rings is 1. The van der Waals surface area contributed by atoms with Crippen molar-refractivity contribution < 1.29 is 9.53 Å². The molecule has 0 aromatic carbocycles. The molecular formula is C17H26N4O2. The Labute approximate surface area is 137 Å². The summed E-state index contributed by atoms with van der Waals surface area (Å²) in [5.41, 5.74) is 1.03. The zero-order valence-corrected chi connectivity index (χ0v) is 13.8. The van der Waals surface area contributed by atoms with Gasteiger partial charge in [-0.15, -0.1) is 0 Å². The molecule has 2 saturated heterocycles. The number of carbonyl (C=O) groups excluding carboxylic acids is 1. The Morgan fingerprint density at radius 2 is 2.17 bits per heavy atom. The van der Waals surface area contributed by atoms with Crippen molar-refractivity contribution in [1.29, 1.82) is 0 Å². The molecule has 1 aromatic heterocycles. The van der Waals surface area contributed by atoms with Crippen LogP contribution < -0.4 is 10.2 Å². The molecule has 0 bridgehead atoms. The zero-order chi connectivity index (χ0) is 16.1. The van der Waals surface area contributed by atoms with Crippen LogP contribution >= 0.6 is 0 Å². The minimum absolute atomic E-state index is 0.0182. The summed E-state index contributed by atoms with van der Waals surface area (Å²) < 4.78 is 5.60. The number of ether oxygens (including phenoxy) is 1. The topological polar surface area (TPSA) is 57.7 Å². The normalized spacial score (nSPS) is 21.5. The lowest BCUT2D eigenvalue weighted by Crippen LogP contribution is -2.49. The van der Waals surface area contributed by atoms with E-state index < -0.39 is 0 Å². The molecule has 23 heavy (non-hydrogen) atoms. The van der Waals surface area contributed by atoms with Crippen molar-refractivity contribution in [2.24, 2.45) is 0 Å². The third-order valence-corrected chi connectivity index (χ3v) is 4.56. The van der Waals surface area contributed by atoms with Gasteiger partial charge in [0, 0.05) is 38.9 Å². The van der Waals surface area contributed by atoms with E-state index in [0.29, 0.717) is 26.2 Å². The smallest absolute Gasteiger partial charge is 0.317 e. The first-order chi connectivity index (χ1) is 11.3. The second-order valence-corrected chi connectivity index (χ2v) is 6.22. The van der Waals surface area contributed by atoms with Gasteiger partial charge in [-0.3, -0.25) is 0 Å². The lowest BCUT2D eigenvalue weighted by Gasteiger charge is -2.32. The van der Waals surface area contributed by atoms with Gasteiger partial charge in [0.25, 0.3) is 0 Å². The molecule has 6 heteroatoms. The Morgan fingerprint density at radius 1 is 1.35 bits per heavy atom. The van der Waals surface area contributed by atoms with Crippen molar-refractivity contribution in [3.63, 3.8) is 0 Å². The van der Waals surface area contributed by atoms with Gasteiger partial charge in [-0.1, -0.05) is 13.0 Å². The first kappa shape index (κ1) is 16.1. The van der Waals surface area contributed by atoms with Gasteiger partial charge in [-0.25, -0.2) is 9.78 Å². The maximum Gasteiger partial charge on any atom is 0.317 e. The van der Waals surface area contributed by atoms with Crippen LogP contribution in [0.15, 0.2) is 18.3 Å². The Morgan fingerprint density at radius 3 is 2.87 bits per heavy atom. The van der Waals surface area contributed by atoms with Crippen LogP contribution in [0.25, 0.3) is 0 Å². The van der Waals surface area contributed by atoms with Crippen LogP contribution in [0, 0.1) is 0 Å². The van der Waals surface area contributed by atoms with Crippen molar-refractivity contribution >= 4 is 11.8 Å². The van der Waals surface area contributed by atoms with E-state index in [-0.39, 0.29) is 12.1 Å². The summed E-state index contributed by atoms with van der Waals surface area (Å²) in [6, 6.07) is 4.08. The Balaban J connectivity index is 1.48. The first-order valence-corrected chi connectivity index (χ1v) is 8.60. The largest absolute Gasteiger partial charge is 0.375 e. The number of amides is 2. The van der Waals surface area contributed by atoms with Crippen molar-refractivity contribution in [2.75, 3.05) is 37.7 Å². The molecule has 1 atom stereocenters. The number of nitrogens with one attached hydrogen (secondary N) is 1. The van der Waals surface area contributed by atoms with Gasteiger partial charge in [-0.2, -0.15) is 0 Å². The van der Waals surface area contributed by atoms with Gasteiger partial charge in [-0.05, 0) is 30.9 Å². The van der Waals surface area contributed by atoms with Crippen LogP contribution in [0.4, 0.5) is 10.6 Å². The number of pyridine rings is 1. The highest BCUT2D eigenvalue weighted by Crippen LogP contribution is 2.17. The SMILES string of the molecule is CC[C@H]1CN(C(=O)NCc2ccc(N3CCCC3)nc2)CCO1. The van der Waals surface area contributed by atoms with E-state index in [1.54, 1.807) is 0 Å². The highest BCUT2D eigenvalue weighted by Gasteiger charge is 2.22. The fraction of sp³-hybridized carbons (Fsp3) is 0.647. The maximum atomic E-state index is 12.2. The summed E-state index contributed by atoms with van der Waals surface area (Å²) in [6.07, 6.45) is 5.46. The fourth-order valence-electron chi connectivity index (χ4n) is 3.09. The Kier molecular flexibility index (Phi) is 5.33. The van der Waals surface area contributed by atoms with Crippen molar-refractivity contribution in [3.05, 3.63) is 23.9 Å². The lowest BCUT2D eigenvalue weighted by molar-refractivity contribution is -0.0154. The van der Waals surface area contributed by atoms with E-state index in [1.807, 2.05) is 11.1 Å². The Bertz CT molecular complexity index is 514. The van der Waals surface area contributed by atoms with E-state index in [1.165, 1.54) is 12.8 Å². The monoisotopic (exact) mass is 318 g/mol. The van der Waals surface area contributed by atoms with Crippen LogP contribution in [0.3, 0.4) is 0 Å². The molecule has 2 fully saturated rings. The molecule has 0 saturated carbocycles. The van der Waals surface area contributed by atoms with Crippen LogP contribution in [0.2, 0.25) is 0 Å². The summed E-state index contributed by atoms with van der Waals surface area (Å²) in [5, 5.41) is 2.98. The number of nitrogens with zero attached hydrogens (tertiary/aromatic N) is 3. The minimum atomic E-state index is -0.0182. The number of rotatable bonds is 4. The third kappa shape index (κ3) is 4.13. The van der Waals surface area contributed by atoms with Crippen LogP contribution in [0.5, 0.6) is 0 Å². The van der Waals surface area contributed by atoms with Gasteiger partial charge < -0.3 is 19.9 Å². The summed E-state index contributed by atoms with van der Waals surface area (Å²) in [6.45, 7) is 6.75. The molecule has 1 aromatic rings. The van der Waals surface area contributed by atoms with Crippen molar-refractivity contribution in [2.45, 2.75) is 38.8 Å². The molecule has 0 spiro atoms. The average Bonchev–Trinajstić information content (AvgIpc) is 3.15. The van der Waals surface area contributed by atoms with Crippen molar-refractivity contribution in [1.82, 2.24) is 15.2 Å². The average molecular weight is 318 g/mol. The number of carbonyl (C=O) groups is 1. The molecule has 3 heterocycles. The number of aromatic nitrogens is 1. The van der Waals surface area contributed by atoms with Gasteiger partial charge in [0.1, 0.15) is 5.82 Å². The van der Waals surface area contributed by atoms with Crippen LogP contribution in [-0.2, 0) is 11.3 Å². The molecule has 126 valence electrons. The second-order valence-electron chi connectivity index (χ2n) is 6.22. The molecule has 3 rings (SSSR count). The quantitative estimate of drug-likeness (QED) is 0.922. The molecule has 2 aliphatic heterocycles.